The summed E-state index contributed by atoms with van der Waals surface area (Å²) >= 11 is 13.5. The SMILES string of the molecule is CC(C)(C)OC(=O)N1CCC(SC(=S)Nc2ccc3c(c2Cl)B(O)OC3)CC1. The van der Waals surface area contributed by atoms with E-state index in [0.717, 1.165) is 18.4 Å². The molecule has 0 radical (unpaired) electrons. The molecule has 2 aliphatic rings. The summed E-state index contributed by atoms with van der Waals surface area (Å²) in [5.74, 6) is 0. The highest BCUT2D eigenvalue weighted by molar-refractivity contribution is 8.23. The third kappa shape index (κ3) is 5.33. The van der Waals surface area contributed by atoms with Crippen molar-refractivity contribution in [2.45, 2.75) is 51.1 Å². The standard InChI is InChI=1S/C18H24BClN2O4S2/c1-18(2,3)26-17(23)22-8-6-12(7-9-22)28-16(27)21-13-5-4-11-10-25-19(24)14(11)15(13)20/h4-5,12,24H,6-10H2,1-3H3,(H,21,27). The Morgan fingerprint density at radius 1 is 1.43 bits per heavy atom. The van der Waals surface area contributed by atoms with Gasteiger partial charge in [-0.1, -0.05) is 41.6 Å². The fraction of sp³-hybridized carbons (Fsp3) is 0.556. The zero-order valence-electron chi connectivity index (χ0n) is 16.2. The molecule has 0 spiro atoms. The largest absolute Gasteiger partial charge is 0.493 e. The number of carbonyl (C=O) groups excluding carboxylic acids is 1. The first-order chi connectivity index (χ1) is 13.1. The molecule has 6 nitrogen and oxygen atoms in total. The van der Waals surface area contributed by atoms with Crippen molar-refractivity contribution in [2.24, 2.45) is 0 Å². The maximum atomic E-state index is 12.2. The van der Waals surface area contributed by atoms with Gasteiger partial charge in [-0.05, 0) is 45.2 Å². The monoisotopic (exact) mass is 442 g/mol. The van der Waals surface area contributed by atoms with Crippen LogP contribution in [0.25, 0.3) is 0 Å². The normalized spacial score (nSPS) is 17.5. The second-order valence-electron chi connectivity index (χ2n) is 7.86. The van der Waals surface area contributed by atoms with Gasteiger partial charge in [0.25, 0.3) is 0 Å². The van der Waals surface area contributed by atoms with Crippen molar-refractivity contribution in [3.8, 4) is 0 Å². The average molecular weight is 443 g/mol. The lowest BCUT2D eigenvalue weighted by Crippen LogP contribution is -2.42. The lowest BCUT2D eigenvalue weighted by molar-refractivity contribution is 0.0219. The van der Waals surface area contributed by atoms with Gasteiger partial charge in [-0.3, -0.25) is 0 Å². The van der Waals surface area contributed by atoms with E-state index in [1.165, 1.54) is 0 Å². The molecule has 28 heavy (non-hydrogen) atoms. The Kier molecular flexibility index (Phi) is 6.82. The van der Waals surface area contributed by atoms with E-state index in [9.17, 15) is 9.82 Å². The summed E-state index contributed by atoms with van der Waals surface area (Å²) in [6, 6.07) is 3.73. The van der Waals surface area contributed by atoms with E-state index in [1.807, 2.05) is 32.9 Å². The Hall–Kier alpha value is -0.995. The summed E-state index contributed by atoms with van der Waals surface area (Å²) in [6.45, 7) is 7.26. The summed E-state index contributed by atoms with van der Waals surface area (Å²) < 4.78 is 11.3. The van der Waals surface area contributed by atoms with Crippen LogP contribution in [0.4, 0.5) is 10.5 Å². The van der Waals surface area contributed by atoms with Gasteiger partial charge < -0.3 is 24.6 Å². The molecule has 0 unspecified atom stereocenters. The summed E-state index contributed by atoms with van der Waals surface area (Å²) in [7, 11) is -0.998. The van der Waals surface area contributed by atoms with Gasteiger partial charge in [0.2, 0.25) is 0 Å². The Balaban J connectivity index is 1.51. The molecule has 2 N–H and O–H groups in total. The minimum Gasteiger partial charge on any atom is -0.444 e. The number of rotatable bonds is 2. The number of hydrogen-bond donors (Lipinski definition) is 2. The number of likely N-dealkylation sites (tertiary alicyclic amines) is 1. The Morgan fingerprint density at radius 3 is 2.75 bits per heavy atom. The van der Waals surface area contributed by atoms with Crippen LogP contribution in [-0.2, 0) is 16.0 Å². The smallest absolute Gasteiger partial charge is 0.444 e. The molecule has 2 heterocycles. The number of nitrogens with one attached hydrogen (secondary N) is 1. The number of thiocarbonyl (C=S) groups is 1. The minimum absolute atomic E-state index is 0.262. The fourth-order valence-electron chi connectivity index (χ4n) is 3.15. The number of benzene rings is 1. The first-order valence-corrected chi connectivity index (χ1v) is 10.9. The van der Waals surface area contributed by atoms with Crippen molar-refractivity contribution in [3.05, 3.63) is 22.7 Å². The maximum absolute atomic E-state index is 12.2. The average Bonchev–Trinajstić information content (AvgIpc) is 2.98. The summed E-state index contributed by atoms with van der Waals surface area (Å²) in [4.78, 5) is 13.9. The van der Waals surface area contributed by atoms with Crippen LogP contribution in [0.5, 0.6) is 0 Å². The molecule has 0 aliphatic carbocycles. The zero-order chi connectivity index (χ0) is 20.5. The minimum atomic E-state index is -0.998. The summed E-state index contributed by atoms with van der Waals surface area (Å²) in [6.07, 6.45) is 1.43. The number of ether oxygens (including phenoxy) is 1. The van der Waals surface area contributed by atoms with Gasteiger partial charge in [-0.15, -0.1) is 0 Å². The highest BCUT2D eigenvalue weighted by atomic mass is 35.5. The molecule has 2 aliphatic heterocycles. The molecule has 1 fully saturated rings. The molecule has 1 amide bonds. The van der Waals surface area contributed by atoms with Gasteiger partial charge in [0.1, 0.15) is 9.92 Å². The molecular weight excluding hydrogens is 419 g/mol. The van der Waals surface area contributed by atoms with E-state index in [4.69, 9.17) is 33.2 Å². The van der Waals surface area contributed by atoms with E-state index in [0.29, 0.717) is 45.4 Å². The first-order valence-electron chi connectivity index (χ1n) is 9.20. The number of amides is 1. The molecule has 0 bridgehead atoms. The van der Waals surface area contributed by atoms with E-state index < -0.39 is 12.7 Å². The molecule has 152 valence electrons. The van der Waals surface area contributed by atoms with Crippen LogP contribution in [-0.4, -0.2) is 51.4 Å². The van der Waals surface area contributed by atoms with Gasteiger partial charge in [-0.2, -0.15) is 0 Å². The second-order valence-corrected chi connectivity index (χ2v) is 10.2. The predicted octanol–water partition coefficient (Wildman–Crippen LogP) is 3.39. The lowest BCUT2D eigenvalue weighted by atomic mass is 9.79. The van der Waals surface area contributed by atoms with E-state index in [2.05, 4.69) is 5.32 Å². The van der Waals surface area contributed by atoms with E-state index >= 15 is 0 Å². The topological polar surface area (TPSA) is 71.0 Å². The van der Waals surface area contributed by atoms with Gasteiger partial charge in [0.15, 0.2) is 0 Å². The predicted molar refractivity (Wildman–Crippen MR) is 118 cm³/mol. The number of fused-ring (bicyclic) bond motifs is 1. The number of thioether (sulfide) groups is 1. The van der Waals surface area contributed by atoms with Crippen LogP contribution in [0.3, 0.4) is 0 Å². The van der Waals surface area contributed by atoms with Crippen LogP contribution >= 0.6 is 35.6 Å². The molecular formula is C18H24BClN2O4S2. The highest BCUT2D eigenvalue weighted by Gasteiger charge is 2.32. The molecule has 1 aromatic carbocycles. The van der Waals surface area contributed by atoms with Crippen LogP contribution in [0.2, 0.25) is 5.02 Å². The number of carbonyl (C=O) groups is 1. The van der Waals surface area contributed by atoms with Crippen LogP contribution in [0, 0.1) is 0 Å². The van der Waals surface area contributed by atoms with Crippen LogP contribution in [0.15, 0.2) is 12.1 Å². The summed E-state index contributed by atoms with van der Waals surface area (Å²) in [5, 5.41) is 13.8. The number of nitrogens with zero attached hydrogens (tertiary/aromatic N) is 1. The second kappa shape index (κ2) is 8.79. The van der Waals surface area contributed by atoms with Gasteiger partial charge >= 0.3 is 13.2 Å². The van der Waals surface area contributed by atoms with Crippen molar-refractivity contribution < 1.29 is 19.2 Å². The third-order valence-corrected chi connectivity index (χ3v) is 6.44. The molecule has 10 heteroatoms. The molecule has 1 saturated heterocycles. The molecule has 3 rings (SSSR count). The van der Waals surface area contributed by atoms with Crippen LogP contribution in [0.1, 0.15) is 39.2 Å². The quantitative estimate of drug-likeness (QED) is 0.537. The summed E-state index contributed by atoms with van der Waals surface area (Å²) in [5.41, 5.74) is 1.66. The number of hydrogen-bond acceptors (Lipinski definition) is 6. The molecule has 1 aromatic rings. The Labute approximate surface area is 180 Å². The van der Waals surface area contributed by atoms with Crippen molar-refractivity contribution >= 4 is 64.3 Å². The van der Waals surface area contributed by atoms with Crippen molar-refractivity contribution in [1.82, 2.24) is 4.90 Å². The van der Waals surface area contributed by atoms with Gasteiger partial charge in [-0.25, -0.2) is 4.79 Å². The first kappa shape index (κ1) is 21.7. The Morgan fingerprint density at radius 2 is 2.11 bits per heavy atom. The van der Waals surface area contributed by atoms with E-state index in [-0.39, 0.29) is 6.09 Å². The molecule has 0 saturated carbocycles. The van der Waals surface area contributed by atoms with Crippen molar-refractivity contribution in [1.29, 1.82) is 0 Å². The zero-order valence-corrected chi connectivity index (χ0v) is 18.5. The van der Waals surface area contributed by atoms with Crippen molar-refractivity contribution in [2.75, 3.05) is 18.4 Å². The van der Waals surface area contributed by atoms with Gasteiger partial charge in [0, 0.05) is 23.8 Å². The number of halogens is 1. The van der Waals surface area contributed by atoms with Gasteiger partial charge in [0.05, 0.1) is 17.3 Å². The molecule has 0 atom stereocenters. The number of piperidine rings is 1. The Bertz CT molecular complexity index is 767. The van der Waals surface area contributed by atoms with Crippen molar-refractivity contribution in [3.63, 3.8) is 0 Å². The fourth-order valence-corrected chi connectivity index (χ4v) is 4.91. The third-order valence-electron chi connectivity index (χ3n) is 4.52. The van der Waals surface area contributed by atoms with Crippen LogP contribution < -0.4 is 10.8 Å². The maximum Gasteiger partial charge on any atom is 0.493 e. The lowest BCUT2D eigenvalue weighted by Gasteiger charge is -2.33. The molecule has 0 aromatic heterocycles. The number of anilines is 1. The van der Waals surface area contributed by atoms with E-state index in [1.54, 1.807) is 16.7 Å². The highest BCUT2D eigenvalue weighted by Crippen LogP contribution is 2.29.